The van der Waals surface area contributed by atoms with E-state index >= 15 is 0 Å². The average Bonchev–Trinajstić information content (AvgIpc) is 2.06. The first kappa shape index (κ1) is 6.27. The number of hydrogen-bond acceptors (Lipinski definition) is 4. The molecule has 11 heavy (non-hydrogen) atoms. The topological polar surface area (TPSA) is 41.4 Å². The van der Waals surface area contributed by atoms with Crippen molar-refractivity contribution in [1.29, 1.82) is 0 Å². The van der Waals surface area contributed by atoms with E-state index in [4.69, 9.17) is 0 Å². The Balaban J connectivity index is 2.54. The smallest absolute Gasteiger partial charge is 0.142 e. The molecule has 1 aromatic heterocycles. The number of aliphatic imine (C=N–C) groups is 1. The third-order valence-corrected chi connectivity index (χ3v) is 1.60. The fourth-order valence-electron chi connectivity index (χ4n) is 1.07. The molecule has 4 nitrogen and oxygen atoms in total. The highest BCUT2D eigenvalue weighted by Gasteiger charge is 2.09. The second-order valence-electron chi connectivity index (χ2n) is 2.45. The summed E-state index contributed by atoms with van der Waals surface area (Å²) in [5.74, 6) is 0.954. The highest BCUT2D eigenvalue weighted by Crippen LogP contribution is 2.14. The second kappa shape index (κ2) is 2.30. The van der Waals surface area contributed by atoms with Crippen molar-refractivity contribution in [2.24, 2.45) is 4.99 Å². The zero-order valence-corrected chi connectivity index (χ0v) is 6.23. The van der Waals surface area contributed by atoms with Gasteiger partial charge in [-0.1, -0.05) is 0 Å². The normalized spacial score (nSPS) is 14.8. The fraction of sp³-hybridized carbons (Fsp3) is 0.286. The number of aromatic nitrogens is 2. The molecule has 0 saturated heterocycles. The molecule has 0 aliphatic carbocycles. The van der Waals surface area contributed by atoms with Crippen molar-refractivity contribution in [3.8, 4) is 0 Å². The summed E-state index contributed by atoms with van der Waals surface area (Å²) in [4.78, 5) is 14.1. The maximum atomic E-state index is 4.12. The van der Waals surface area contributed by atoms with Crippen LogP contribution in [0.3, 0.4) is 0 Å². The first-order valence-corrected chi connectivity index (χ1v) is 3.39. The maximum Gasteiger partial charge on any atom is 0.142 e. The number of fused-ring (bicyclic) bond motifs is 1. The van der Waals surface area contributed by atoms with Crippen LogP contribution in [0.5, 0.6) is 0 Å². The highest BCUT2D eigenvalue weighted by atomic mass is 15.2. The predicted molar refractivity (Wildman–Crippen MR) is 42.9 cm³/mol. The summed E-state index contributed by atoms with van der Waals surface area (Å²) in [5.41, 5.74) is 0.987. The summed E-state index contributed by atoms with van der Waals surface area (Å²) in [7, 11) is 1.96. The Morgan fingerprint density at radius 2 is 2.45 bits per heavy atom. The molecule has 0 atom stereocenters. The molecule has 56 valence electrons. The van der Waals surface area contributed by atoms with Gasteiger partial charge >= 0.3 is 0 Å². The Bertz CT molecular complexity index is 294. The van der Waals surface area contributed by atoms with Gasteiger partial charge in [0.25, 0.3) is 0 Å². The van der Waals surface area contributed by atoms with Crippen molar-refractivity contribution in [2.75, 3.05) is 18.6 Å². The molecule has 0 fully saturated rings. The highest BCUT2D eigenvalue weighted by molar-refractivity contribution is 5.87. The summed E-state index contributed by atoms with van der Waals surface area (Å²) >= 11 is 0. The van der Waals surface area contributed by atoms with Crippen LogP contribution in [0.25, 0.3) is 0 Å². The summed E-state index contributed by atoms with van der Waals surface area (Å²) in [6, 6.07) is 0. The number of anilines is 1. The molecule has 0 radical (unpaired) electrons. The molecule has 0 aromatic carbocycles. The minimum Gasteiger partial charge on any atom is -0.340 e. The second-order valence-corrected chi connectivity index (χ2v) is 2.45. The summed E-state index contributed by atoms with van der Waals surface area (Å²) in [6.07, 6.45) is 5.12. The van der Waals surface area contributed by atoms with Gasteiger partial charge in [0.2, 0.25) is 0 Å². The molecule has 0 amide bonds. The van der Waals surface area contributed by atoms with E-state index < -0.39 is 0 Å². The Kier molecular flexibility index (Phi) is 1.31. The number of rotatable bonds is 0. The maximum absolute atomic E-state index is 4.12. The summed E-state index contributed by atoms with van der Waals surface area (Å²) in [6.45, 7) is 0.685. The minimum absolute atomic E-state index is 0.685. The Morgan fingerprint density at radius 3 is 3.27 bits per heavy atom. The zero-order valence-electron chi connectivity index (χ0n) is 6.23. The van der Waals surface area contributed by atoms with Crippen molar-refractivity contribution in [1.82, 2.24) is 9.97 Å². The van der Waals surface area contributed by atoms with Gasteiger partial charge in [0.15, 0.2) is 0 Å². The van der Waals surface area contributed by atoms with Crippen LogP contribution in [-0.4, -0.2) is 29.9 Å². The zero-order chi connectivity index (χ0) is 7.68. The van der Waals surface area contributed by atoms with Crippen molar-refractivity contribution in [3.05, 3.63) is 18.1 Å². The van der Waals surface area contributed by atoms with Crippen molar-refractivity contribution in [2.45, 2.75) is 0 Å². The van der Waals surface area contributed by atoms with Crippen LogP contribution in [0, 0.1) is 0 Å². The lowest BCUT2D eigenvalue weighted by Gasteiger charge is -2.20. The predicted octanol–water partition coefficient (Wildman–Crippen LogP) is 0.303. The number of hydrogen-bond donors (Lipinski definition) is 0. The average molecular weight is 148 g/mol. The molecular weight excluding hydrogens is 140 g/mol. The van der Waals surface area contributed by atoms with Gasteiger partial charge in [-0.2, -0.15) is 0 Å². The quantitative estimate of drug-likeness (QED) is 0.531. The molecule has 0 bridgehead atoms. The van der Waals surface area contributed by atoms with E-state index in [0.29, 0.717) is 6.67 Å². The van der Waals surface area contributed by atoms with E-state index in [1.165, 1.54) is 0 Å². The van der Waals surface area contributed by atoms with Gasteiger partial charge in [0.05, 0.1) is 5.56 Å². The summed E-state index contributed by atoms with van der Waals surface area (Å²) < 4.78 is 0. The van der Waals surface area contributed by atoms with Crippen molar-refractivity contribution < 1.29 is 0 Å². The molecule has 0 saturated carbocycles. The molecular formula is C7H8N4. The van der Waals surface area contributed by atoms with E-state index in [2.05, 4.69) is 15.0 Å². The van der Waals surface area contributed by atoms with Gasteiger partial charge in [-0.3, -0.25) is 4.99 Å². The Labute approximate surface area is 64.6 Å². The van der Waals surface area contributed by atoms with Crippen LogP contribution in [0.2, 0.25) is 0 Å². The molecule has 0 spiro atoms. The van der Waals surface area contributed by atoms with Gasteiger partial charge < -0.3 is 4.90 Å². The Morgan fingerprint density at radius 1 is 1.55 bits per heavy atom. The largest absolute Gasteiger partial charge is 0.340 e. The third-order valence-electron chi connectivity index (χ3n) is 1.60. The van der Waals surface area contributed by atoms with E-state index in [-0.39, 0.29) is 0 Å². The minimum atomic E-state index is 0.685. The van der Waals surface area contributed by atoms with Gasteiger partial charge in [-0.05, 0) is 0 Å². The molecule has 1 aliphatic rings. The van der Waals surface area contributed by atoms with Crippen LogP contribution in [0.1, 0.15) is 5.56 Å². The molecule has 2 heterocycles. The monoisotopic (exact) mass is 148 g/mol. The first-order valence-electron chi connectivity index (χ1n) is 3.39. The Hall–Kier alpha value is -1.45. The van der Waals surface area contributed by atoms with Crippen LogP contribution in [0.4, 0.5) is 5.82 Å². The lowest BCUT2D eigenvalue weighted by Crippen LogP contribution is -2.23. The van der Waals surface area contributed by atoms with Crippen LogP contribution in [0.15, 0.2) is 17.5 Å². The van der Waals surface area contributed by atoms with Gasteiger partial charge in [-0.25, -0.2) is 9.97 Å². The third kappa shape index (κ3) is 0.960. The van der Waals surface area contributed by atoms with Crippen molar-refractivity contribution >= 4 is 12.0 Å². The number of nitrogens with zero attached hydrogens (tertiary/aromatic N) is 4. The molecule has 1 aliphatic heterocycles. The van der Waals surface area contributed by atoms with E-state index in [0.717, 1.165) is 11.4 Å². The molecule has 0 unspecified atom stereocenters. The lowest BCUT2D eigenvalue weighted by atomic mass is 10.3. The van der Waals surface area contributed by atoms with Crippen LogP contribution in [-0.2, 0) is 0 Å². The van der Waals surface area contributed by atoms with E-state index in [1.807, 2.05) is 11.9 Å². The van der Waals surface area contributed by atoms with E-state index in [1.54, 1.807) is 18.7 Å². The molecule has 2 rings (SSSR count). The van der Waals surface area contributed by atoms with Crippen LogP contribution >= 0.6 is 0 Å². The fourth-order valence-corrected chi connectivity index (χ4v) is 1.07. The van der Waals surface area contributed by atoms with Crippen LogP contribution < -0.4 is 4.90 Å². The molecule has 0 N–H and O–H groups in total. The summed E-state index contributed by atoms with van der Waals surface area (Å²) in [5, 5.41) is 0. The molecule has 1 aromatic rings. The standard InChI is InChI=1S/C7H8N4/c1-11-5-9-3-6-2-8-4-10-7(6)11/h2-4H,5H2,1H3. The van der Waals surface area contributed by atoms with Gasteiger partial charge in [0.1, 0.15) is 18.8 Å². The van der Waals surface area contributed by atoms with Crippen molar-refractivity contribution in [3.63, 3.8) is 0 Å². The van der Waals surface area contributed by atoms with E-state index in [9.17, 15) is 0 Å². The lowest BCUT2D eigenvalue weighted by molar-refractivity contribution is 0.888. The van der Waals surface area contributed by atoms with Gasteiger partial charge in [0, 0.05) is 19.5 Å². The molecule has 4 heteroatoms. The first-order chi connectivity index (χ1) is 5.38. The SMILES string of the molecule is CN1CN=Cc2cncnc21. The van der Waals surface area contributed by atoms with Gasteiger partial charge in [-0.15, -0.1) is 0 Å².